The maximum Gasteiger partial charge on any atom is 0.163 e. The highest BCUT2D eigenvalue weighted by Crippen LogP contribution is 2.40. The lowest BCUT2D eigenvalue weighted by Crippen LogP contribution is -2.30. The molecule has 0 N–H and O–H groups in total. The van der Waals surface area contributed by atoms with Gasteiger partial charge in [-0.2, -0.15) is 0 Å². The highest BCUT2D eigenvalue weighted by atomic mass is 16.1. The molecule has 4 heteroatoms. The van der Waals surface area contributed by atoms with E-state index in [0.29, 0.717) is 37.4 Å². The van der Waals surface area contributed by atoms with Crippen molar-refractivity contribution in [3.8, 4) is 0 Å². The van der Waals surface area contributed by atoms with Gasteiger partial charge in [0.15, 0.2) is 5.78 Å². The Kier molecular flexibility index (Phi) is 11.7. The van der Waals surface area contributed by atoms with Crippen LogP contribution in [0.15, 0.2) is 6.07 Å². The molecule has 200 valence electrons. The van der Waals surface area contributed by atoms with E-state index in [9.17, 15) is 19.2 Å². The number of carbonyl (C=O) groups excluding carboxylic acids is 4. The largest absolute Gasteiger partial charge is 0.300 e. The highest BCUT2D eigenvalue weighted by Gasteiger charge is 2.34. The number of aryl methyl sites for hydroxylation is 1. The quantitative estimate of drug-likeness (QED) is 0.235. The SMILES string of the molecule is CCCC(=O)CCc1cc(C(C)C)c2c(c1C)C(=O)CC(CC(CCC)C(CC)C(=O)CC(C)=O)C2. The third kappa shape index (κ3) is 7.70. The summed E-state index contributed by atoms with van der Waals surface area (Å²) in [5.41, 5.74) is 5.50. The molecule has 3 atom stereocenters. The third-order valence-electron chi connectivity index (χ3n) is 8.05. The molecule has 0 heterocycles. The Morgan fingerprint density at radius 3 is 2.28 bits per heavy atom. The first-order chi connectivity index (χ1) is 17.0. The summed E-state index contributed by atoms with van der Waals surface area (Å²) in [5, 5.41) is 0. The minimum atomic E-state index is -0.111. The topological polar surface area (TPSA) is 68.3 Å². The van der Waals surface area contributed by atoms with Crippen molar-refractivity contribution in [3.05, 3.63) is 33.9 Å². The van der Waals surface area contributed by atoms with Gasteiger partial charge in [0.2, 0.25) is 0 Å². The van der Waals surface area contributed by atoms with E-state index in [1.54, 1.807) is 0 Å². The monoisotopic (exact) mass is 496 g/mol. The first-order valence-electron chi connectivity index (χ1n) is 14.3. The molecule has 0 saturated carbocycles. The van der Waals surface area contributed by atoms with Gasteiger partial charge >= 0.3 is 0 Å². The second kappa shape index (κ2) is 14.0. The van der Waals surface area contributed by atoms with Gasteiger partial charge in [0, 0.05) is 30.7 Å². The molecule has 36 heavy (non-hydrogen) atoms. The van der Waals surface area contributed by atoms with E-state index in [0.717, 1.165) is 55.2 Å². The van der Waals surface area contributed by atoms with E-state index in [4.69, 9.17) is 0 Å². The first kappa shape index (κ1) is 30.1. The van der Waals surface area contributed by atoms with E-state index < -0.39 is 0 Å². The van der Waals surface area contributed by atoms with E-state index in [1.165, 1.54) is 18.1 Å². The number of fused-ring (bicyclic) bond motifs is 1. The lowest BCUT2D eigenvalue weighted by molar-refractivity contribution is -0.130. The van der Waals surface area contributed by atoms with Crippen LogP contribution in [0.2, 0.25) is 0 Å². The Labute approximate surface area is 219 Å². The Bertz CT molecular complexity index is 955. The van der Waals surface area contributed by atoms with Crippen LogP contribution in [0.5, 0.6) is 0 Å². The number of hydrogen-bond donors (Lipinski definition) is 0. The van der Waals surface area contributed by atoms with Crippen molar-refractivity contribution in [3.63, 3.8) is 0 Å². The number of carbonyl (C=O) groups is 4. The fourth-order valence-corrected chi connectivity index (χ4v) is 6.34. The summed E-state index contributed by atoms with van der Waals surface area (Å²) in [6, 6.07) is 2.25. The average molecular weight is 497 g/mol. The number of rotatable bonds is 15. The van der Waals surface area contributed by atoms with Crippen molar-refractivity contribution in [1.82, 2.24) is 0 Å². The molecule has 0 fully saturated rings. The molecule has 1 aromatic rings. The van der Waals surface area contributed by atoms with Crippen LogP contribution in [-0.2, 0) is 27.2 Å². The zero-order valence-electron chi connectivity index (χ0n) is 23.8. The van der Waals surface area contributed by atoms with Crippen LogP contribution in [0.1, 0.15) is 138 Å². The van der Waals surface area contributed by atoms with Crippen LogP contribution in [0.25, 0.3) is 0 Å². The molecule has 0 radical (unpaired) electrons. The van der Waals surface area contributed by atoms with Crippen molar-refractivity contribution in [2.75, 3.05) is 0 Å². The molecule has 0 amide bonds. The highest BCUT2D eigenvalue weighted by molar-refractivity contribution is 6.01. The molecule has 0 spiro atoms. The zero-order valence-corrected chi connectivity index (χ0v) is 23.8. The fraction of sp³-hybridized carbons (Fsp3) is 0.688. The van der Waals surface area contributed by atoms with E-state index in [-0.39, 0.29) is 41.5 Å². The molecule has 1 aliphatic carbocycles. The second-order valence-electron chi connectivity index (χ2n) is 11.4. The standard InChI is InChI=1S/C32H48O4/c1-8-11-25(27(10-3)30(35)15-21(6)33)16-23-17-29-28(20(4)5)19-24(13-14-26(34)12-9-2)22(7)32(29)31(36)18-23/h19-20,23,25,27H,8-18H2,1-7H3. The smallest absolute Gasteiger partial charge is 0.163 e. The van der Waals surface area contributed by atoms with E-state index >= 15 is 0 Å². The van der Waals surface area contributed by atoms with Gasteiger partial charge in [0.1, 0.15) is 17.3 Å². The van der Waals surface area contributed by atoms with Gasteiger partial charge in [-0.15, -0.1) is 0 Å². The Morgan fingerprint density at radius 2 is 1.72 bits per heavy atom. The van der Waals surface area contributed by atoms with Gasteiger partial charge in [-0.3, -0.25) is 19.2 Å². The molecular formula is C32H48O4. The molecule has 0 aliphatic heterocycles. The van der Waals surface area contributed by atoms with Crippen molar-refractivity contribution >= 4 is 23.1 Å². The zero-order chi connectivity index (χ0) is 27.0. The summed E-state index contributed by atoms with van der Waals surface area (Å²) in [4.78, 5) is 50.2. The van der Waals surface area contributed by atoms with Gasteiger partial charge in [-0.1, -0.05) is 53.5 Å². The predicted molar refractivity (Wildman–Crippen MR) is 147 cm³/mol. The normalized spacial score (nSPS) is 17.1. The molecule has 1 aromatic carbocycles. The van der Waals surface area contributed by atoms with Crippen LogP contribution in [0.4, 0.5) is 0 Å². The average Bonchev–Trinajstić information content (AvgIpc) is 2.78. The molecule has 0 saturated heterocycles. The van der Waals surface area contributed by atoms with Crippen molar-refractivity contribution in [2.24, 2.45) is 17.8 Å². The molecule has 3 unspecified atom stereocenters. The lowest BCUT2D eigenvalue weighted by atomic mass is 9.70. The number of ketones is 4. The molecule has 0 bridgehead atoms. The summed E-state index contributed by atoms with van der Waals surface area (Å²) in [5.74, 6) is 1.10. The lowest BCUT2D eigenvalue weighted by Gasteiger charge is -2.33. The number of Topliss-reactive ketones (excluding diaryl/α,β-unsaturated/α-hetero) is 4. The third-order valence-corrected chi connectivity index (χ3v) is 8.05. The number of hydrogen-bond acceptors (Lipinski definition) is 4. The van der Waals surface area contributed by atoms with E-state index in [1.807, 2.05) is 20.8 Å². The van der Waals surface area contributed by atoms with Crippen LogP contribution < -0.4 is 0 Å². The summed E-state index contributed by atoms with van der Waals surface area (Å²) in [6.45, 7) is 14.1. The van der Waals surface area contributed by atoms with Crippen molar-refractivity contribution in [1.29, 1.82) is 0 Å². The molecule has 2 rings (SSSR count). The minimum absolute atomic E-state index is 0.0192. The van der Waals surface area contributed by atoms with E-state index in [2.05, 4.69) is 26.8 Å². The van der Waals surface area contributed by atoms with Crippen LogP contribution in [-0.4, -0.2) is 23.1 Å². The van der Waals surface area contributed by atoms with Gasteiger partial charge in [-0.25, -0.2) is 0 Å². The predicted octanol–water partition coefficient (Wildman–Crippen LogP) is 7.55. The Morgan fingerprint density at radius 1 is 1.03 bits per heavy atom. The summed E-state index contributed by atoms with van der Waals surface area (Å²) in [7, 11) is 0. The molecule has 0 aromatic heterocycles. The fourth-order valence-electron chi connectivity index (χ4n) is 6.34. The van der Waals surface area contributed by atoms with Gasteiger partial charge in [0.05, 0.1) is 6.42 Å². The minimum Gasteiger partial charge on any atom is -0.300 e. The molecule has 4 nitrogen and oxygen atoms in total. The van der Waals surface area contributed by atoms with Crippen molar-refractivity contribution < 1.29 is 19.2 Å². The maximum atomic E-state index is 13.6. The Balaban J connectivity index is 2.35. The first-order valence-corrected chi connectivity index (χ1v) is 14.3. The van der Waals surface area contributed by atoms with Gasteiger partial charge in [0.25, 0.3) is 0 Å². The second-order valence-corrected chi connectivity index (χ2v) is 11.4. The van der Waals surface area contributed by atoms with Crippen molar-refractivity contribution in [2.45, 2.75) is 125 Å². The van der Waals surface area contributed by atoms with Crippen LogP contribution in [0, 0.1) is 24.7 Å². The number of benzene rings is 1. The summed E-state index contributed by atoms with van der Waals surface area (Å²) < 4.78 is 0. The van der Waals surface area contributed by atoms with Gasteiger partial charge in [-0.05, 0) is 86.0 Å². The summed E-state index contributed by atoms with van der Waals surface area (Å²) >= 11 is 0. The molecule has 1 aliphatic rings. The van der Waals surface area contributed by atoms with Crippen LogP contribution in [0.3, 0.4) is 0 Å². The molecular weight excluding hydrogens is 448 g/mol. The van der Waals surface area contributed by atoms with Crippen LogP contribution >= 0.6 is 0 Å². The maximum absolute atomic E-state index is 13.6. The summed E-state index contributed by atoms with van der Waals surface area (Å²) in [6.07, 6.45) is 7.65. The van der Waals surface area contributed by atoms with Gasteiger partial charge < -0.3 is 0 Å². The Hall–Kier alpha value is -2.10.